The van der Waals surface area contributed by atoms with Gasteiger partial charge in [0.15, 0.2) is 0 Å². The van der Waals surface area contributed by atoms with E-state index in [0.717, 1.165) is 27.8 Å². The molecule has 0 bridgehead atoms. The molecule has 0 fully saturated rings. The van der Waals surface area contributed by atoms with Crippen molar-refractivity contribution in [3.63, 3.8) is 0 Å². The number of aromatic carboxylic acids is 1. The Hall–Kier alpha value is -3.54. The average Bonchev–Trinajstić information content (AvgIpc) is 3.36. The van der Waals surface area contributed by atoms with Crippen molar-refractivity contribution >= 4 is 40.1 Å². The highest BCUT2D eigenvalue weighted by molar-refractivity contribution is 6.31. The summed E-state index contributed by atoms with van der Waals surface area (Å²) in [6, 6.07) is 22.7. The summed E-state index contributed by atoms with van der Waals surface area (Å²) < 4.78 is 1.83. The standard InChI is InChI=1S/C25H17Cl2N3O2/c26-17-8-6-15(7-9-17)14-30-24(20(13-28-30)16-4-2-1-3-5-16)22-19-11-10-18(27)12-21(19)29-23(22)25(31)32/h1-13,29H,14H2,(H,31,32). The highest BCUT2D eigenvalue weighted by Crippen LogP contribution is 2.39. The van der Waals surface area contributed by atoms with Gasteiger partial charge < -0.3 is 10.1 Å². The molecule has 5 nitrogen and oxygen atoms in total. The summed E-state index contributed by atoms with van der Waals surface area (Å²) in [5.74, 6) is -1.05. The van der Waals surface area contributed by atoms with Crippen LogP contribution in [0.15, 0.2) is 79.0 Å². The number of hydrogen-bond acceptors (Lipinski definition) is 2. The molecule has 3 aromatic carbocycles. The van der Waals surface area contributed by atoms with E-state index in [1.54, 1.807) is 18.3 Å². The minimum Gasteiger partial charge on any atom is -0.477 e. The van der Waals surface area contributed by atoms with Crippen LogP contribution in [-0.2, 0) is 6.54 Å². The first-order chi connectivity index (χ1) is 15.5. The van der Waals surface area contributed by atoms with Crippen molar-refractivity contribution < 1.29 is 9.90 Å². The van der Waals surface area contributed by atoms with E-state index in [9.17, 15) is 9.90 Å². The van der Waals surface area contributed by atoms with Crippen LogP contribution in [0, 0.1) is 0 Å². The molecule has 2 heterocycles. The van der Waals surface area contributed by atoms with Crippen molar-refractivity contribution in [1.82, 2.24) is 14.8 Å². The zero-order valence-electron chi connectivity index (χ0n) is 16.7. The van der Waals surface area contributed by atoms with E-state index in [4.69, 9.17) is 23.2 Å². The Labute approximate surface area is 193 Å². The number of fused-ring (bicyclic) bond motifs is 1. The first-order valence-corrected chi connectivity index (χ1v) is 10.7. The largest absolute Gasteiger partial charge is 0.477 e. The van der Waals surface area contributed by atoms with Crippen molar-refractivity contribution in [3.8, 4) is 22.4 Å². The van der Waals surface area contributed by atoms with Gasteiger partial charge in [0, 0.05) is 32.1 Å². The fraction of sp³-hybridized carbons (Fsp3) is 0.0400. The molecule has 158 valence electrons. The maximum absolute atomic E-state index is 12.2. The van der Waals surface area contributed by atoms with E-state index in [1.807, 2.05) is 65.3 Å². The molecule has 0 saturated carbocycles. The minimum absolute atomic E-state index is 0.0947. The molecule has 7 heteroatoms. The van der Waals surface area contributed by atoms with E-state index < -0.39 is 5.97 Å². The summed E-state index contributed by atoms with van der Waals surface area (Å²) in [6.07, 6.45) is 1.78. The lowest BCUT2D eigenvalue weighted by Gasteiger charge is -2.11. The second-order valence-electron chi connectivity index (χ2n) is 7.43. The maximum atomic E-state index is 12.2. The van der Waals surface area contributed by atoms with Crippen molar-refractivity contribution in [2.75, 3.05) is 0 Å². The number of benzene rings is 3. The maximum Gasteiger partial charge on any atom is 0.353 e. The number of halogens is 2. The van der Waals surface area contributed by atoms with Crippen LogP contribution >= 0.6 is 23.2 Å². The number of carboxylic acid groups (broad SMARTS) is 1. The van der Waals surface area contributed by atoms with Crippen molar-refractivity contribution in [2.24, 2.45) is 0 Å². The second kappa shape index (κ2) is 8.19. The van der Waals surface area contributed by atoms with Gasteiger partial charge in [0.2, 0.25) is 0 Å². The Bertz CT molecular complexity index is 1440. The fourth-order valence-electron chi connectivity index (χ4n) is 3.94. The molecule has 0 aliphatic carbocycles. The van der Waals surface area contributed by atoms with Gasteiger partial charge in [-0.2, -0.15) is 5.10 Å². The molecule has 2 N–H and O–H groups in total. The molecule has 0 unspecified atom stereocenters. The first-order valence-electron chi connectivity index (χ1n) is 9.92. The first kappa shape index (κ1) is 20.4. The number of aromatic amines is 1. The Morgan fingerprint density at radius 2 is 1.69 bits per heavy atom. The van der Waals surface area contributed by atoms with Gasteiger partial charge in [0.1, 0.15) is 5.69 Å². The zero-order valence-corrected chi connectivity index (χ0v) is 18.2. The molecule has 32 heavy (non-hydrogen) atoms. The SMILES string of the molecule is O=C(O)c1[nH]c2cc(Cl)ccc2c1-c1c(-c2ccccc2)cnn1Cc1ccc(Cl)cc1. The molecule has 5 rings (SSSR count). The summed E-state index contributed by atoms with van der Waals surface area (Å²) in [5.41, 5.74) is 4.84. The van der Waals surface area contributed by atoms with E-state index >= 15 is 0 Å². The minimum atomic E-state index is -1.05. The quantitative estimate of drug-likeness (QED) is 0.304. The molecule has 0 atom stereocenters. The Morgan fingerprint density at radius 3 is 2.41 bits per heavy atom. The van der Waals surface area contributed by atoms with Crippen molar-refractivity contribution in [2.45, 2.75) is 6.54 Å². The third-order valence-electron chi connectivity index (χ3n) is 5.38. The van der Waals surface area contributed by atoms with Gasteiger partial charge >= 0.3 is 5.97 Å². The Balaban J connectivity index is 1.79. The molecule has 0 aliphatic heterocycles. The van der Waals surface area contributed by atoms with Gasteiger partial charge in [-0.3, -0.25) is 4.68 Å². The number of carbonyl (C=O) groups is 1. The number of aromatic nitrogens is 3. The Morgan fingerprint density at radius 1 is 0.969 bits per heavy atom. The second-order valence-corrected chi connectivity index (χ2v) is 8.30. The predicted octanol–water partition coefficient (Wildman–Crippen LogP) is 6.75. The van der Waals surface area contributed by atoms with Crippen molar-refractivity contribution in [1.29, 1.82) is 0 Å². The molecular formula is C25H17Cl2N3O2. The molecule has 0 amide bonds. The average molecular weight is 462 g/mol. The number of H-pyrrole nitrogens is 1. The molecule has 0 spiro atoms. The lowest BCUT2D eigenvalue weighted by molar-refractivity contribution is 0.0692. The summed E-state index contributed by atoms with van der Waals surface area (Å²) in [4.78, 5) is 15.2. The molecule has 0 radical (unpaired) electrons. The number of nitrogens with zero attached hydrogens (tertiary/aromatic N) is 2. The molecule has 0 aliphatic rings. The van der Waals surface area contributed by atoms with Crippen LogP contribution in [0.25, 0.3) is 33.3 Å². The van der Waals surface area contributed by atoms with Gasteiger partial charge in [0.25, 0.3) is 0 Å². The van der Waals surface area contributed by atoms with Gasteiger partial charge in [0.05, 0.1) is 18.4 Å². The molecule has 2 aromatic heterocycles. The summed E-state index contributed by atoms with van der Waals surface area (Å²) in [7, 11) is 0. The summed E-state index contributed by atoms with van der Waals surface area (Å²) in [5, 5.41) is 16.6. The number of hydrogen-bond donors (Lipinski definition) is 2. The third-order valence-corrected chi connectivity index (χ3v) is 5.87. The lowest BCUT2D eigenvalue weighted by Crippen LogP contribution is -2.07. The lowest BCUT2D eigenvalue weighted by atomic mass is 9.99. The summed E-state index contributed by atoms with van der Waals surface area (Å²) in [6.45, 7) is 0.457. The predicted molar refractivity (Wildman–Crippen MR) is 127 cm³/mol. The van der Waals surface area contributed by atoms with E-state index in [1.165, 1.54) is 0 Å². The van der Waals surface area contributed by atoms with Crippen LogP contribution < -0.4 is 0 Å². The van der Waals surface area contributed by atoms with Gasteiger partial charge in [-0.15, -0.1) is 0 Å². The normalized spacial score (nSPS) is 11.2. The van der Waals surface area contributed by atoms with E-state index in [-0.39, 0.29) is 5.69 Å². The van der Waals surface area contributed by atoms with Crippen LogP contribution in [-0.4, -0.2) is 25.8 Å². The highest BCUT2D eigenvalue weighted by atomic mass is 35.5. The Kier molecular flexibility index (Phi) is 5.21. The van der Waals surface area contributed by atoms with Gasteiger partial charge in [-0.25, -0.2) is 4.79 Å². The van der Waals surface area contributed by atoms with E-state index in [2.05, 4.69) is 10.1 Å². The fourth-order valence-corrected chi connectivity index (χ4v) is 4.23. The zero-order chi connectivity index (χ0) is 22.2. The number of rotatable bonds is 5. The number of carboxylic acids is 1. The monoisotopic (exact) mass is 461 g/mol. The van der Waals surface area contributed by atoms with Crippen LogP contribution in [0.5, 0.6) is 0 Å². The van der Waals surface area contributed by atoms with Crippen LogP contribution in [0.3, 0.4) is 0 Å². The smallest absolute Gasteiger partial charge is 0.353 e. The molecule has 5 aromatic rings. The highest BCUT2D eigenvalue weighted by Gasteiger charge is 2.25. The molecule has 0 saturated heterocycles. The van der Waals surface area contributed by atoms with Crippen LogP contribution in [0.4, 0.5) is 0 Å². The topological polar surface area (TPSA) is 70.9 Å². The third kappa shape index (κ3) is 3.66. The van der Waals surface area contributed by atoms with Crippen LogP contribution in [0.2, 0.25) is 10.0 Å². The van der Waals surface area contributed by atoms with Crippen molar-refractivity contribution in [3.05, 3.63) is 100 Å². The number of nitrogens with one attached hydrogen (secondary N) is 1. The van der Waals surface area contributed by atoms with Gasteiger partial charge in [-0.05, 0) is 35.4 Å². The van der Waals surface area contributed by atoms with Gasteiger partial charge in [-0.1, -0.05) is 71.7 Å². The van der Waals surface area contributed by atoms with Crippen LogP contribution in [0.1, 0.15) is 16.1 Å². The summed E-state index contributed by atoms with van der Waals surface area (Å²) >= 11 is 12.2. The molecular weight excluding hydrogens is 445 g/mol. The van der Waals surface area contributed by atoms with E-state index in [0.29, 0.717) is 27.7 Å².